The summed E-state index contributed by atoms with van der Waals surface area (Å²) in [7, 11) is 0. The maximum absolute atomic E-state index is 13.0. The first-order chi connectivity index (χ1) is 6.29. The number of halogens is 2. The first-order valence-corrected chi connectivity index (χ1v) is 3.84. The van der Waals surface area contributed by atoms with Crippen molar-refractivity contribution < 1.29 is 4.39 Å². The predicted octanol–water partition coefficient (Wildman–Crippen LogP) is 1.66. The van der Waals surface area contributed by atoms with Gasteiger partial charge in [0.25, 0.3) is 0 Å². The Morgan fingerprint density at radius 2 is 2.23 bits per heavy atom. The van der Waals surface area contributed by atoms with Crippen molar-refractivity contribution in [3.8, 4) is 11.4 Å². The highest BCUT2D eigenvalue weighted by Gasteiger charge is 2.10. The van der Waals surface area contributed by atoms with Crippen molar-refractivity contribution in [2.24, 2.45) is 0 Å². The third-order valence-electron chi connectivity index (χ3n) is 1.54. The van der Waals surface area contributed by atoms with E-state index >= 15 is 0 Å². The molecule has 0 spiro atoms. The van der Waals surface area contributed by atoms with Crippen LogP contribution in [0.3, 0.4) is 0 Å². The van der Waals surface area contributed by atoms with Gasteiger partial charge in [0.1, 0.15) is 5.82 Å². The molecule has 0 aliphatic heterocycles. The van der Waals surface area contributed by atoms with Crippen LogP contribution >= 0.6 is 11.6 Å². The van der Waals surface area contributed by atoms with Gasteiger partial charge < -0.3 is 0 Å². The van der Waals surface area contributed by atoms with Crippen molar-refractivity contribution in [1.29, 1.82) is 0 Å². The number of hydrogen-bond donors (Lipinski definition) is 1. The van der Waals surface area contributed by atoms with Crippen LogP contribution in [0.15, 0.2) is 18.2 Å². The smallest absolute Gasteiger partial charge is 0.205 e. The molecule has 0 saturated carbocycles. The van der Waals surface area contributed by atoms with Gasteiger partial charge in [-0.1, -0.05) is 17.7 Å². The van der Waals surface area contributed by atoms with Gasteiger partial charge in [0, 0.05) is 5.56 Å². The lowest BCUT2D eigenvalue weighted by molar-refractivity contribution is 0.628. The molecule has 0 fully saturated rings. The van der Waals surface area contributed by atoms with Crippen LogP contribution in [-0.4, -0.2) is 20.6 Å². The van der Waals surface area contributed by atoms with Crippen molar-refractivity contribution in [3.05, 3.63) is 29.0 Å². The molecule has 0 aliphatic carbocycles. The summed E-state index contributed by atoms with van der Waals surface area (Å²) in [5.41, 5.74) is 0.426. The van der Waals surface area contributed by atoms with Crippen molar-refractivity contribution >= 4 is 11.6 Å². The molecule has 0 amide bonds. The molecule has 0 saturated heterocycles. The first-order valence-electron chi connectivity index (χ1n) is 3.47. The number of aromatic amines is 1. The lowest BCUT2D eigenvalue weighted by Crippen LogP contribution is -1.85. The minimum Gasteiger partial charge on any atom is -0.205 e. The summed E-state index contributed by atoms with van der Waals surface area (Å²) in [5.74, 6) is -0.214. The van der Waals surface area contributed by atoms with E-state index in [4.69, 9.17) is 11.6 Å². The first kappa shape index (κ1) is 8.12. The van der Waals surface area contributed by atoms with E-state index in [-0.39, 0.29) is 10.8 Å². The number of H-pyrrole nitrogens is 1. The fourth-order valence-corrected chi connectivity index (χ4v) is 1.16. The standard InChI is InChI=1S/C7H4ClFN4/c8-6-4(2-1-3-5(6)9)7-10-12-13-11-7/h1-3H,(H,10,11,12,13). The average Bonchev–Trinajstić information content (AvgIpc) is 2.62. The molecule has 0 atom stereocenters. The summed E-state index contributed by atoms with van der Waals surface area (Å²) in [6, 6.07) is 4.43. The lowest BCUT2D eigenvalue weighted by Gasteiger charge is -1.98. The Morgan fingerprint density at radius 3 is 2.92 bits per heavy atom. The Morgan fingerprint density at radius 1 is 1.38 bits per heavy atom. The van der Waals surface area contributed by atoms with Crippen LogP contribution in [0.25, 0.3) is 11.4 Å². The molecular formula is C7H4ClFN4. The van der Waals surface area contributed by atoms with E-state index in [1.807, 2.05) is 0 Å². The molecule has 2 rings (SSSR count). The fourth-order valence-electron chi connectivity index (χ4n) is 0.952. The molecule has 1 heterocycles. The normalized spacial score (nSPS) is 10.3. The predicted molar refractivity (Wildman–Crippen MR) is 44.6 cm³/mol. The molecule has 1 N–H and O–H groups in total. The molecule has 6 heteroatoms. The lowest BCUT2D eigenvalue weighted by atomic mass is 10.2. The molecule has 1 aromatic carbocycles. The highest BCUT2D eigenvalue weighted by molar-refractivity contribution is 6.33. The Bertz CT molecular complexity index is 414. The zero-order valence-corrected chi connectivity index (χ0v) is 7.09. The van der Waals surface area contributed by atoms with Gasteiger partial charge in [-0.25, -0.2) is 4.39 Å². The summed E-state index contributed by atoms with van der Waals surface area (Å²) in [6.07, 6.45) is 0. The number of aromatic nitrogens is 4. The van der Waals surface area contributed by atoms with Crippen LogP contribution in [0.2, 0.25) is 5.02 Å². The van der Waals surface area contributed by atoms with E-state index in [0.717, 1.165) is 0 Å². The summed E-state index contributed by atoms with van der Waals surface area (Å²) in [5, 5.41) is 13.0. The number of hydrogen-bond acceptors (Lipinski definition) is 3. The van der Waals surface area contributed by atoms with Crippen LogP contribution in [0.5, 0.6) is 0 Å². The van der Waals surface area contributed by atoms with Crippen LogP contribution in [-0.2, 0) is 0 Å². The van der Waals surface area contributed by atoms with Crippen molar-refractivity contribution in [3.63, 3.8) is 0 Å². The van der Waals surface area contributed by atoms with Crippen molar-refractivity contribution in [2.45, 2.75) is 0 Å². The van der Waals surface area contributed by atoms with E-state index < -0.39 is 5.82 Å². The highest BCUT2D eigenvalue weighted by Crippen LogP contribution is 2.26. The van der Waals surface area contributed by atoms with Crippen molar-refractivity contribution in [2.75, 3.05) is 0 Å². The SMILES string of the molecule is Fc1cccc(-c2nn[nH]n2)c1Cl. The molecule has 13 heavy (non-hydrogen) atoms. The molecule has 0 bridgehead atoms. The van der Waals surface area contributed by atoms with Gasteiger partial charge in [-0.2, -0.15) is 5.21 Å². The third kappa shape index (κ3) is 1.38. The number of benzene rings is 1. The van der Waals surface area contributed by atoms with Crippen LogP contribution in [0, 0.1) is 5.82 Å². The maximum atomic E-state index is 13.0. The topological polar surface area (TPSA) is 54.5 Å². The number of nitrogens with one attached hydrogen (secondary N) is 1. The highest BCUT2D eigenvalue weighted by atomic mass is 35.5. The van der Waals surface area contributed by atoms with Crippen LogP contribution in [0.4, 0.5) is 4.39 Å². The fraction of sp³-hybridized carbons (Fsp3) is 0. The summed E-state index contributed by atoms with van der Waals surface area (Å²) in [6.45, 7) is 0. The molecule has 1 aromatic heterocycles. The van der Waals surface area contributed by atoms with Gasteiger partial charge in [0.05, 0.1) is 5.02 Å². The Balaban J connectivity index is 2.59. The second-order valence-corrected chi connectivity index (χ2v) is 2.71. The summed E-state index contributed by atoms with van der Waals surface area (Å²) < 4.78 is 13.0. The van der Waals surface area contributed by atoms with E-state index in [1.54, 1.807) is 6.07 Å². The molecule has 4 nitrogen and oxygen atoms in total. The monoisotopic (exact) mass is 198 g/mol. The Kier molecular flexibility index (Phi) is 1.94. The average molecular weight is 199 g/mol. The van der Waals surface area contributed by atoms with Gasteiger partial charge in [0.15, 0.2) is 0 Å². The van der Waals surface area contributed by atoms with E-state index in [1.165, 1.54) is 12.1 Å². The van der Waals surface area contributed by atoms with Gasteiger partial charge in [0.2, 0.25) is 5.82 Å². The van der Waals surface area contributed by atoms with Gasteiger partial charge >= 0.3 is 0 Å². The summed E-state index contributed by atoms with van der Waals surface area (Å²) >= 11 is 5.69. The van der Waals surface area contributed by atoms with Crippen LogP contribution in [0.1, 0.15) is 0 Å². The minimum absolute atomic E-state index is 0.00361. The van der Waals surface area contributed by atoms with Gasteiger partial charge in [-0.3, -0.25) is 0 Å². The molecule has 0 aliphatic rings. The largest absolute Gasteiger partial charge is 0.206 e. The zero-order chi connectivity index (χ0) is 9.26. The van der Waals surface area contributed by atoms with E-state index in [0.29, 0.717) is 5.56 Å². The number of tetrazole rings is 1. The van der Waals surface area contributed by atoms with E-state index in [9.17, 15) is 4.39 Å². The third-order valence-corrected chi connectivity index (χ3v) is 1.92. The zero-order valence-electron chi connectivity index (χ0n) is 6.33. The molecule has 0 unspecified atom stereocenters. The van der Waals surface area contributed by atoms with Crippen LogP contribution < -0.4 is 0 Å². The molecule has 0 radical (unpaired) electrons. The van der Waals surface area contributed by atoms with Crippen molar-refractivity contribution in [1.82, 2.24) is 20.6 Å². The quantitative estimate of drug-likeness (QED) is 0.758. The molecular weight excluding hydrogens is 195 g/mol. The molecule has 66 valence electrons. The second-order valence-electron chi connectivity index (χ2n) is 2.34. The maximum Gasteiger partial charge on any atom is 0.206 e. The van der Waals surface area contributed by atoms with E-state index in [2.05, 4.69) is 20.6 Å². The Labute approximate surface area is 77.7 Å². The summed E-state index contributed by atoms with van der Waals surface area (Å²) in [4.78, 5) is 0. The van der Waals surface area contributed by atoms with Gasteiger partial charge in [-0.15, -0.1) is 10.2 Å². The van der Waals surface area contributed by atoms with Gasteiger partial charge in [-0.05, 0) is 17.3 Å². The Hall–Kier alpha value is -1.49. The molecule has 2 aromatic rings. The minimum atomic E-state index is -0.496. The number of rotatable bonds is 1. The number of nitrogens with zero attached hydrogens (tertiary/aromatic N) is 3. The second kappa shape index (κ2) is 3.10.